The first-order valence-electron chi connectivity index (χ1n) is 12.8. The monoisotopic (exact) mass is 556 g/mol. The molecule has 4 heterocycles. The van der Waals surface area contributed by atoms with Gasteiger partial charge in [0.2, 0.25) is 0 Å². The van der Waals surface area contributed by atoms with Gasteiger partial charge >= 0.3 is 5.97 Å². The molecule has 1 aliphatic rings. The van der Waals surface area contributed by atoms with Gasteiger partial charge in [-0.1, -0.05) is 31.2 Å². The van der Waals surface area contributed by atoms with Crippen LogP contribution in [0, 0.1) is 0 Å². The van der Waals surface area contributed by atoms with Gasteiger partial charge in [0.25, 0.3) is 0 Å². The topological polar surface area (TPSA) is 108 Å². The highest BCUT2D eigenvalue weighted by molar-refractivity contribution is 6.76. The molecule has 38 heavy (non-hydrogen) atoms. The highest BCUT2D eigenvalue weighted by Gasteiger charge is 2.21. The third kappa shape index (κ3) is 5.92. The SMILES string of the molecule is C[Si](C)(C)CCOCn1cc(C(=O)O)c2nc(-c3nn(CCN4CCOCC4)c4cc(Cl)ccc34)cnc21. The van der Waals surface area contributed by atoms with Gasteiger partial charge < -0.3 is 19.1 Å². The number of hydrogen-bond acceptors (Lipinski definition) is 7. The van der Waals surface area contributed by atoms with Crippen molar-refractivity contribution < 1.29 is 19.4 Å². The average molecular weight is 557 g/mol. The van der Waals surface area contributed by atoms with Gasteiger partial charge in [0.1, 0.15) is 29.2 Å². The van der Waals surface area contributed by atoms with Crippen LogP contribution in [-0.2, 0) is 22.7 Å². The molecule has 1 saturated heterocycles. The molecule has 1 aromatic carbocycles. The van der Waals surface area contributed by atoms with E-state index in [-0.39, 0.29) is 12.3 Å². The molecule has 1 fully saturated rings. The zero-order chi connectivity index (χ0) is 26.9. The van der Waals surface area contributed by atoms with Crippen LogP contribution in [0.1, 0.15) is 10.4 Å². The van der Waals surface area contributed by atoms with E-state index in [1.54, 1.807) is 17.0 Å². The van der Waals surface area contributed by atoms with Gasteiger partial charge in [0.15, 0.2) is 5.65 Å². The van der Waals surface area contributed by atoms with Crippen molar-refractivity contribution in [2.75, 3.05) is 39.5 Å². The number of halogens is 1. The normalized spacial score (nSPS) is 15.1. The smallest absolute Gasteiger partial charge is 0.339 e. The van der Waals surface area contributed by atoms with Crippen molar-refractivity contribution in [1.29, 1.82) is 0 Å². The number of benzene rings is 1. The molecule has 0 atom stereocenters. The van der Waals surface area contributed by atoms with Crippen LogP contribution < -0.4 is 0 Å². The van der Waals surface area contributed by atoms with E-state index in [4.69, 9.17) is 31.2 Å². The Morgan fingerprint density at radius 1 is 1.21 bits per heavy atom. The number of aromatic carboxylic acids is 1. The standard InChI is InChI=1S/C26H33ClN6O4Si/c1-38(2,3)13-12-37-17-32-16-20(26(34)35)24-25(32)28-15-21(29-24)23-19-5-4-18(27)14-22(19)33(30-23)7-6-31-8-10-36-11-9-31/h4-5,14-16H,6-13,17H2,1-3H3,(H,34,35). The molecule has 3 aromatic heterocycles. The molecule has 0 unspecified atom stereocenters. The number of fused-ring (bicyclic) bond motifs is 2. The second kappa shape index (κ2) is 11.1. The minimum Gasteiger partial charge on any atom is -0.478 e. The van der Waals surface area contributed by atoms with E-state index < -0.39 is 14.0 Å². The zero-order valence-corrected chi connectivity index (χ0v) is 23.7. The van der Waals surface area contributed by atoms with Crippen LogP contribution in [0.2, 0.25) is 30.7 Å². The van der Waals surface area contributed by atoms with Crippen molar-refractivity contribution in [3.05, 3.63) is 41.2 Å². The first kappa shape index (κ1) is 26.8. The molecule has 202 valence electrons. The largest absolute Gasteiger partial charge is 0.478 e. The summed E-state index contributed by atoms with van der Waals surface area (Å²) in [6.45, 7) is 12.5. The van der Waals surface area contributed by atoms with Crippen molar-refractivity contribution in [3.63, 3.8) is 0 Å². The van der Waals surface area contributed by atoms with Crippen LogP contribution in [0.5, 0.6) is 0 Å². The molecule has 5 rings (SSSR count). The fourth-order valence-electron chi connectivity index (χ4n) is 4.53. The lowest BCUT2D eigenvalue weighted by atomic mass is 10.1. The van der Waals surface area contributed by atoms with Crippen LogP contribution in [0.4, 0.5) is 0 Å². The van der Waals surface area contributed by atoms with Crippen LogP contribution in [-0.4, -0.2) is 87.8 Å². The summed E-state index contributed by atoms with van der Waals surface area (Å²) in [5, 5.41) is 16.3. The van der Waals surface area contributed by atoms with Crippen molar-refractivity contribution >= 4 is 47.7 Å². The summed E-state index contributed by atoms with van der Waals surface area (Å²) in [6, 6.07) is 6.67. The summed E-state index contributed by atoms with van der Waals surface area (Å²) < 4.78 is 15.0. The van der Waals surface area contributed by atoms with E-state index in [9.17, 15) is 9.90 Å². The van der Waals surface area contributed by atoms with Crippen LogP contribution in [0.15, 0.2) is 30.6 Å². The second-order valence-electron chi connectivity index (χ2n) is 10.8. The van der Waals surface area contributed by atoms with E-state index in [1.807, 2.05) is 22.9 Å². The fourth-order valence-corrected chi connectivity index (χ4v) is 5.45. The minimum absolute atomic E-state index is 0.0854. The predicted octanol–water partition coefficient (Wildman–Crippen LogP) is 4.44. The maximum atomic E-state index is 12.1. The quantitative estimate of drug-likeness (QED) is 0.225. The third-order valence-electron chi connectivity index (χ3n) is 6.71. The van der Waals surface area contributed by atoms with Gasteiger partial charge in [-0.05, 0) is 24.2 Å². The summed E-state index contributed by atoms with van der Waals surface area (Å²) in [5.74, 6) is -1.06. The summed E-state index contributed by atoms with van der Waals surface area (Å²) in [6.07, 6.45) is 3.19. The molecule has 0 saturated carbocycles. The summed E-state index contributed by atoms with van der Waals surface area (Å²) in [4.78, 5) is 23.8. The van der Waals surface area contributed by atoms with Crippen molar-refractivity contribution in [2.45, 2.75) is 39.0 Å². The lowest BCUT2D eigenvalue weighted by Crippen LogP contribution is -2.38. The fraction of sp³-hybridized carbons (Fsp3) is 0.462. The Kier molecular flexibility index (Phi) is 7.82. The number of rotatable bonds is 10. The molecular formula is C26H33ClN6O4Si. The highest BCUT2D eigenvalue weighted by atomic mass is 35.5. The van der Waals surface area contributed by atoms with Gasteiger partial charge in [-0.2, -0.15) is 5.10 Å². The first-order valence-corrected chi connectivity index (χ1v) is 16.9. The van der Waals surface area contributed by atoms with Crippen molar-refractivity contribution in [3.8, 4) is 11.4 Å². The van der Waals surface area contributed by atoms with Gasteiger partial charge in [0, 0.05) is 50.9 Å². The van der Waals surface area contributed by atoms with E-state index >= 15 is 0 Å². The second-order valence-corrected chi connectivity index (χ2v) is 16.8. The van der Waals surface area contributed by atoms with Crippen LogP contribution in [0.3, 0.4) is 0 Å². The molecule has 12 heteroatoms. The van der Waals surface area contributed by atoms with Crippen LogP contribution in [0.25, 0.3) is 33.5 Å². The number of morpholine rings is 1. The van der Waals surface area contributed by atoms with Crippen LogP contribution >= 0.6 is 11.6 Å². The number of carbonyl (C=O) groups is 1. The number of carboxylic acids is 1. The first-order chi connectivity index (χ1) is 18.2. The Morgan fingerprint density at radius 2 is 2.00 bits per heavy atom. The number of aromatic nitrogens is 5. The number of ether oxygens (including phenoxy) is 2. The van der Waals surface area contributed by atoms with Crippen molar-refractivity contribution in [2.24, 2.45) is 0 Å². The highest BCUT2D eigenvalue weighted by Crippen LogP contribution is 2.30. The van der Waals surface area contributed by atoms with E-state index in [0.29, 0.717) is 40.7 Å². The van der Waals surface area contributed by atoms with Crippen molar-refractivity contribution in [1.82, 2.24) is 29.2 Å². The Labute approximate surface area is 227 Å². The summed E-state index contributed by atoms with van der Waals surface area (Å²) >= 11 is 6.33. The number of carboxylic acid groups (broad SMARTS) is 1. The Balaban J connectivity index is 1.47. The van der Waals surface area contributed by atoms with Gasteiger partial charge in [-0.15, -0.1) is 0 Å². The Bertz CT molecular complexity index is 1460. The van der Waals surface area contributed by atoms with E-state index in [1.165, 1.54) is 0 Å². The molecule has 0 radical (unpaired) electrons. The van der Waals surface area contributed by atoms with E-state index in [0.717, 1.165) is 49.8 Å². The number of nitrogens with zero attached hydrogens (tertiary/aromatic N) is 6. The maximum absolute atomic E-state index is 12.1. The molecule has 4 aromatic rings. The molecule has 0 amide bonds. The molecule has 10 nitrogen and oxygen atoms in total. The maximum Gasteiger partial charge on any atom is 0.339 e. The Morgan fingerprint density at radius 3 is 2.74 bits per heavy atom. The predicted molar refractivity (Wildman–Crippen MR) is 150 cm³/mol. The van der Waals surface area contributed by atoms with Gasteiger partial charge in [-0.25, -0.2) is 14.8 Å². The summed E-state index contributed by atoms with van der Waals surface area (Å²) in [5.41, 5.74) is 2.92. The molecule has 0 aliphatic carbocycles. The molecule has 1 aliphatic heterocycles. The summed E-state index contributed by atoms with van der Waals surface area (Å²) in [7, 11) is -1.23. The molecule has 1 N–H and O–H groups in total. The average Bonchev–Trinajstić information content (AvgIpc) is 3.43. The third-order valence-corrected chi connectivity index (χ3v) is 8.65. The zero-order valence-electron chi connectivity index (χ0n) is 22.0. The van der Waals surface area contributed by atoms with Gasteiger partial charge in [0.05, 0.1) is 31.5 Å². The Hall–Kier alpha value is -2.83. The molecule has 0 bridgehead atoms. The molecule has 0 spiro atoms. The van der Waals surface area contributed by atoms with Gasteiger partial charge in [-0.3, -0.25) is 9.58 Å². The lowest BCUT2D eigenvalue weighted by Gasteiger charge is -2.26. The molecular weight excluding hydrogens is 524 g/mol. The van der Waals surface area contributed by atoms with E-state index in [2.05, 4.69) is 29.5 Å². The lowest BCUT2D eigenvalue weighted by molar-refractivity contribution is 0.0361. The number of hydrogen-bond donors (Lipinski definition) is 1. The minimum atomic E-state index is -1.23.